The van der Waals surface area contributed by atoms with Crippen molar-refractivity contribution in [3.05, 3.63) is 36.8 Å². The molecule has 0 atom stereocenters. The van der Waals surface area contributed by atoms with Crippen LogP contribution in [0.1, 0.15) is 0 Å². The first kappa shape index (κ1) is 13.3. The molecule has 0 aliphatic heterocycles. The lowest BCUT2D eigenvalue weighted by molar-refractivity contribution is 0.425. The van der Waals surface area contributed by atoms with Gasteiger partial charge < -0.3 is 16.0 Å². The molecule has 0 fully saturated rings. The third-order valence-electron chi connectivity index (χ3n) is 2.78. The Morgan fingerprint density at radius 2 is 1.95 bits per heavy atom. The predicted molar refractivity (Wildman–Crippen MR) is 78.9 cm³/mol. The summed E-state index contributed by atoms with van der Waals surface area (Å²) in [5.74, 6) is 0.736. The fourth-order valence-corrected chi connectivity index (χ4v) is 1.73. The van der Waals surface area contributed by atoms with Crippen LogP contribution in [0.15, 0.2) is 36.8 Å². The van der Waals surface area contributed by atoms with Crippen molar-refractivity contribution >= 4 is 11.5 Å². The lowest BCUT2D eigenvalue weighted by Crippen LogP contribution is -2.21. The highest BCUT2D eigenvalue weighted by atomic mass is 15.1. The molecular formula is C14H19N5. The van der Waals surface area contributed by atoms with Crippen LogP contribution in [0.3, 0.4) is 0 Å². The van der Waals surface area contributed by atoms with Crippen molar-refractivity contribution in [1.29, 1.82) is 0 Å². The van der Waals surface area contributed by atoms with Crippen molar-refractivity contribution in [3.63, 3.8) is 0 Å². The predicted octanol–water partition coefficient (Wildman–Crippen LogP) is 1.70. The summed E-state index contributed by atoms with van der Waals surface area (Å²) in [6.07, 6.45) is 5.34. The van der Waals surface area contributed by atoms with E-state index in [9.17, 15) is 0 Å². The molecule has 0 saturated heterocycles. The van der Waals surface area contributed by atoms with Gasteiger partial charge in [-0.1, -0.05) is 0 Å². The molecule has 0 aromatic carbocycles. The van der Waals surface area contributed by atoms with Gasteiger partial charge in [-0.25, -0.2) is 4.98 Å². The minimum atomic E-state index is 0.660. The molecule has 2 rings (SSSR count). The van der Waals surface area contributed by atoms with Gasteiger partial charge >= 0.3 is 0 Å². The molecule has 2 aromatic heterocycles. The maximum Gasteiger partial charge on any atom is 0.149 e. The van der Waals surface area contributed by atoms with Crippen molar-refractivity contribution in [2.24, 2.45) is 0 Å². The van der Waals surface area contributed by atoms with E-state index in [4.69, 9.17) is 5.73 Å². The largest absolute Gasteiger partial charge is 0.396 e. The van der Waals surface area contributed by atoms with Crippen LogP contribution in [0.2, 0.25) is 0 Å². The van der Waals surface area contributed by atoms with Crippen LogP contribution in [0.25, 0.3) is 11.1 Å². The maximum atomic E-state index is 6.02. The lowest BCUT2D eigenvalue weighted by atomic mass is 10.1. The van der Waals surface area contributed by atoms with Gasteiger partial charge in [0.15, 0.2) is 0 Å². The number of hydrogen-bond acceptors (Lipinski definition) is 5. The third kappa shape index (κ3) is 3.66. The van der Waals surface area contributed by atoms with E-state index in [1.165, 1.54) is 0 Å². The Morgan fingerprint density at radius 1 is 1.21 bits per heavy atom. The Morgan fingerprint density at radius 3 is 2.58 bits per heavy atom. The van der Waals surface area contributed by atoms with Crippen LogP contribution in [0.4, 0.5) is 11.5 Å². The second kappa shape index (κ2) is 6.15. The Hall–Kier alpha value is -2.14. The fourth-order valence-electron chi connectivity index (χ4n) is 1.73. The van der Waals surface area contributed by atoms with Crippen LogP contribution in [-0.2, 0) is 0 Å². The van der Waals surface area contributed by atoms with E-state index >= 15 is 0 Å². The Balaban J connectivity index is 2.09. The van der Waals surface area contributed by atoms with Gasteiger partial charge in [0.05, 0.1) is 5.69 Å². The maximum absolute atomic E-state index is 6.02. The average molecular weight is 257 g/mol. The molecule has 2 aromatic rings. The number of nitrogens with zero attached hydrogens (tertiary/aromatic N) is 3. The van der Waals surface area contributed by atoms with Crippen molar-refractivity contribution in [2.75, 3.05) is 38.2 Å². The lowest BCUT2D eigenvalue weighted by Gasteiger charge is -2.12. The Labute approximate surface area is 113 Å². The van der Waals surface area contributed by atoms with Gasteiger partial charge in [0, 0.05) is 37.2 Å². The molecule has 3 N–H and O–H groups in total. The van der Waals surface area contributed by atoms with Gasteiger partial charge in [-0.2, -0.15) is 0 Å². The van der Waals surface area contributed by atoms with Crippen LogP contribution in [0.5, 0.6) is 0 Å². The number of hydrogen-bond donors (Lipinski definition) is 2. The van der Waals surface area contributed by atoms with E-state index in [1.807, 2.05) is 38.5 Å². The first-order valence-electron chi connectivity index (χ1n) is 6.21. The molecule has 0 spiro atoms. The minimum Gasteiger partial charge on any atom is -0.396 e. The van der Waals surface area contributed by atoms with E-state index < -0.39 is 0 Å². The molecule has 5 nitrogen and oxygen atoms in total. The Bertz CT molecular complexity index is 525. The zero-order valence-corrected chi connectivity index (χ0v) is 11.3. The molecule has 2 heterocycles. The van der Waals surface area contributed by atoms with Crippen LogP contribution in [0, 0.1) is 0 Å². The first-order chi connectivity index (χ1) is 9.16. The molecule has 0 aliphatic carbocycles. The second-order valence-corrected chi connectivity index (χ2v) is 4.63. The molecule has 0 radical (unpaired) electrons. The minimum absolute atomic E-state index is 0.660. The molecule has 5 heteroatoms. The van der Waals surface area contributed by atoms with Gasteiger partial charge in [-0.3, -0.25) is 4.98 Å². The summed E-state index contributed by atoms with van der Waals surface area (Å²) in [5.41, 5.74) is 8.74. The molecule has 0 bridgehead atoms. The van der Waals surface area contributed by atoms with Gasteiger partial charge in [-0.05, 0) is 37.9 Å². The summed E-state index contributed by atoms with van der Waals surface area (Å²) in [7, 11) is 4.07. The number of pyridine rings is 2. The Kier molecular flexibility index (Phi) is 4.30. The van der Waals surface area contributed by atoms with E-state index in [2.05, 4.69) is 20.2 Å². The van der Waals surface area contributed by atoms with E-state index in [0.29, 0.717) is 5.69 Å². The summed E-state index contributed by atoms with van der Waals surface area (Å²) in [6, 6.07) is 5.81. The van der Waals surface area contributed by atoms with Gasteiger partial charge in [0.2, 0.25) is 0 Å². The molecule has 0 aliphatic rings. The smallest absolute Gasteiger partial charge is 0.149 e. The second-order valence-electron chi connectivity index (χ2n) is 4.63. The standard InChI is InChI=1S/C14H19N5/c1-19(2)8-7-17-14-13(15)9-12(10-18-14)11-3-5-16-6-4-11/h3-6,9-10H,7-8,15H2,1-2H3,(H,17,18). The number of nitrogen functional groups attached to an aromatic ring is 1. The highest BCUT2D eigenvalue weighted by Gasteiger charge is 2.04. The van der Waals surface area contributed by atoms with E-state index in [-0.39, 0.29) is 0 Å². The number of anilines is 2. The average Bonchev–Trinajstić information content (AvgIpc) is 2.41. The number of nitrogens with two attached hydrogens (primary N) is 1. The quantitative estimate of drug-likeness (QED) is 0.853. The first-order valence-corrected chi connectivity index (χ1v) is 6.21. The number of nitrogens with one attached hydrogen (secondary N) is 1. The van der Waals surface area contributed by atoms with Gasteiger partial charge in [0.1, 0.15) is 5.82 Å². The highest BCUT2D eigenvalue weighted by Crippen LogP contribution is 2.23. The molecule has 0 unspecified atom stereocenters. The summed E-state index contributed by atoms with van der Waals surface area (Å²) in [4.78, 5) is 10.5. The highest BCUT2D eigenvalue weighted by molar-refractivity contribution is 5.72. The molecular weight excluding hydrogens is 238 g/mol. The molecule has 0 saturated carbocycles. The van der Waals surface area contributed by atoms with Crippen LogP contribution >= 0.6 is 0 Å². The van der Waals surface area contributed by atoms with Crippen LogP contribution in [-0.4, -0.2) is 42.1 Å². The zero-order chi connectivity index (χ0) is 13.7. The van der Waals surface area contributed by atoms with Crippen molar-refractivity contribution < 1.29 is 0 Å². The van der Waals surface area contributed by atoms with E-state index in [1.54, 1.807) is 12.4 Å². The summed E-state index contributed by atoms with van der Waals surface area (Å²) >= 11 is 0. The summed E-state index contributed by atoms with van der Waals surface area (Å²) in [6.45, 7) is 1.76. The van der Waals surface area contributed by atoms with Gasteiger partial charge in [-0.15, -0.1) is 0 Å². The summed E-state index contributed by atoms with van der Waals surface area (Å²) < 4.78 is 0. The SMILES string of the molecule is CN(C)CCNc1ncc(-c2ccncc2)cc1N. The zero-order valence-electron chi connectivity index (χ0n) is 11.3. The number of rotatable bonds is 5. The molecule has 0 amide bonds. The van der Waals surface area contributed by atoms with Crippen molar-refractivity contribution in [3.8, 4) is 11.1 Å². The monoisotopic (exact) mass is 257 g/mol. The van der Waals surface area contributed by atoms with E-state index in [0.717, 1.165) is 30.0 Å². The number of aromatic nitrogens is 2. The van der Waals surface area contributed by atoms with Crippen molar-refractivity contribution in [2.45, 2.75) is 0 Å². The van der Waals surface area contributed by atoms with Crippen molar-refractivity contribution in [1.82, 2.24) is 14.9 Å². The third-order valence-corrected chi connectivity index (χ3v) is 2.78. The van der Waals surface area contributed by atoms with Gasteiger partial charge in [0.25, 0.3) is 0 Å². The topological polar surface area (TPSA) is 67.1 Å². The van der Waals surface area contributed by atoms with Crippen LogP contribution < -0.4 is 11.1 Å². The number of likely N-dealkylation sites (N-methyl/N-ethyl adjacent to an activating group) is 1. The molecule has 19 heavy (non-hydrogen) atoms. The molecule has 100 valence electrons. The fraction of sp³-hybridized carbons (Fsp3) is 0.286. The summed E-state index contributed by atoms with van der Waals surface area (Å²) in [5, 5.41) is 3.23. The normalized spacial score (nSPS) is 10.7.